The zero-order valence-corrected chi connectivity index (χ0v) is 11.6. The van der Waals surface area contributed by atoms with Crippen LogP contribution in [-0.2, 0) is 25.9 Å². The molecule has 0 aromatic heterocycles. The Morgan fingerprint density at radius 1 is 0.895 bits per heavy atom. The summed E-state index contributed by atoms with van der Waals surface area (Å²) in [5.41, 5.74) is 5.88. The van der Waals surface area contributed by atoms with Crippen LogP contribution in [0.3, 0.4) is 0 Å². The number of aryl methyl sites for hydroxylation is 1. The molecule has 0 fully saturated rings. The van der Waals surface area contributed by atoms with Gasteiger partial charge in [0.25, 0.3) is 0 Å². The topological polar surface area (TPSA) is 3.24 Å². The molecule has 1 heteroatoms. The largest absolute Gasteiger partial charge is 0.294 e. The molecular formula is C18H21N. The maximum atomic E-state index is 2.54. The lowest BCUT2D eigenvalue weighted by Crippen LogP contribution is -2.29. The summed E-state index contributed by atoms with van der Waals surface area (Å²) in [6, 6.07) is 17.9. The molecule has 98 valence electrons. The monoisotopic (exact) mass is 251 g/mol. The van der Waals surface area contributed by atoms with Gasteiger partial charge in [-0.3, -0.25) is 4.90 Å². The fourth-order valence-corrected chi connectivity index (χ4v) is 2.83. The Morgan fingerprint density at radius 2 is 1.58 bits per heavy atom. The molecule has 0 saturated carbocycles. The molecule has 2 aromatic carbocycles. The average Bonchev–Trinajstić information content (AvgIpc) is 2.48. The highest BCUT2D eigenvalue weighted by Crippen LogP contribution is 2.20. The average molecular weight is 251 g/mol. The van der Waals surface area contributed by atoms with Crippen LogP contribution >= 0.6 is 0 Å². The highest BCUT2D eigenvalue weighted by molar-refractivity contribution is 5.29. The summed E-state index contributed by atoms with van der Waals surface area (Å²) in [5.74, 6) is 0. The number of hydrogen-bond donors (Lipinski definition) is 0. The van der Waals surface area contributed by atoms with Crippen LogP contribution in [0.4, 0.5) is 0 Å². The van der Waals surface area contributed by atoms with Gasteiger partial charge >= 0.3 is 0 Å². The van der Waals surface area contributed by atoms with E-state index in [9.17, 15) is 0 Å². The summed E-state index contributed by atoms with van der Waals surface area (Å²) >= 11 is 0. The first-order chi connectivity index (χ1) is 9.35. The van der Waals surface area contributed by atoms with Crippen molar-refractivity contribution in [2.24, 2.45) is 0 Å². The van der Waals surface area contributed by atoms with E-state index in [1.54, 1.807) is 0 Å². The standard InChI is InChI=1S/C18H21N/c1-2-15-7-9-16(10-8-15)13-19-12-11-17-5-3-4-6-18(17)14-19/h3-10H,2,11-14H2,1H3. The highest BCUT2D eigenvalue weighted by Gasteiger charge is 2.15. The minimum Gasteiger partial charge on any atom is -0.294 e. The second-order valence-corrected chi connectivity index (χ2v) is 5.40. The maximum absolute atomic E-state index is 2.54. The van der Waals surface area contributed by atoms with E-state index in [-0.39, 0.29) is 0 Å². The zero-order valence-electron chi connectivity index (χ0n) is 11.6. The van der Waals surface area contributed by atoms with Crippen molar-refractivity contribution in [1.82, 2.24) is 4.90 Å². The van der Waals surface area contributed by atoms with Crippen molar-refractivity contribution in [3.63, 3.8) is 0 Å². The van der Waals surface area contributed by atoms with Crippen molar-refractivity contribution < 1.29 is 0 Å². The van der Waals surface area contributed by atoms with E-state index < -0.39 is 0 Å². The quantitative estimate of drug-likeness (QED) is 0.802. The summed E-state index contributed by atoms with van der Waals surface area (Å²) in [6.07, 6.45) is 2.31. The fourth-order valence-electron chi connectivity index (χ4n) is 2.83. The molecule has 0 saturated heterocycles. The summed E-state index contributed by atoms with van der Waals surface area (Å²) in [4.78, 5) is 2.54. The zero-order chi connectivity index (χ0) is 13.1. The van der Waals surface area contributed by atoms with Crippen molar-refractivity contribution >= 4 is 0 Å². The third kappa shape index (κ3) is 2.87. The van der Waals surface area contributed by atoms with E-state index in [0.717, 1.165) is 19.5 Å². The molecule has 0 unspecified atom stereocenters. The van der Waals surface area contributed by atoms with Crippen LogP contribution in [0, 0.1) is 0 Å². The van der Waals surface area contributed by atoms with Crippen LogP contribution in [0.2, 0.25) is 0 Å². The third-order valence-electron chi connectivity index (χ3n) is 4.05. The number of hydrogen-bond acceptors (Lipinski definition) is 1. The second-order valence-electron chi connectivity index (χ2n) is 5.40. The van der Waals surface area contributed by atoms with E-state index in [4.69, 9.17) is 0 Å². The number of nitrogens with zero attached hydrogens (tertiary/aromatic N) is 1. The predicted molar refractivity (Wildman–Crippen MR) is 80.1 cm³/mol. The molecule has 3 rings (SSSR count). The third-order valence-corrected chi connectivity index (χ3v) is 4.05. The Balaban J connectivity index is 1.68. The Hall–Kier alpha value is -1.60. The lowest BCUT2D eigenvalue weighted by Gasteiger charge is -2.28. The van der Waals surface area contributed by atoms with Crippen LogP contribution < -0.4 is 0 Å². The summed E-state index contributed by atoms with van der Waals surface area (Å²) in [7, 11) is 0. The first-order valence-corrected chi connectivity index (χ1v) is 7.22. The predicted octanol–water partition coefficient (Wildman–Crippen LogP) is 3.81. The number of fused-ring (bicyclic) bond motifs is 1. The molecule has 0 N–H and O–H groups in total. The van der Waals surface area contributed by atoms with Crippen molar-refractivity contribution in [3.05, 3.63) is 70.8 Å². The first kappa shape index (κ1) is 12.4. The smallest absolute Gasteiger partial charge is 0.0240 e. The lowest BCUT2D eigenvalue weighted by atomic mass is 9.99. The van der Waals surface area contributed by atoms with Gasteiger partial charge in [-0.25, -0.2) is 0 Å². The first-order valence-electron chi connectivity index (χ1n) is 7.22. The maximum Gasteiger partial charge on any atom is 0.0240 e. The van der Waals surface area contributed by atoms with Crippen LogP contribution in [0.1, 0.15) is 29.2 Å². The van der Waals surface area contributed by atoms with Gasteiger partial charge in [0.15, 0.2) is 0 Å². The van der Waals surface area contributed by atoms with Gasteiger partial charge in [0.2, 0.25) is 0 Å². The van der Waals surface area contributed by atoms with Crippen molar-refractivity contribution in [3.8, 4) is 0 Å². The highest BCUT2D eigenvalue weighted by atomic mass is 15.1. The molecule has 0 spiro atoms. The van der Waals surface area contributed by atoms with E-state index in [0.29, 0.717) is 0 Å². The van der Waals surface area contributed by atoms with E-state index in [1.165, 1.54) is 35.2 Å². The van der Waals surface area contributed by atoms with Crippen LogP contribution in [0.5, 0.6) is 0 Å². The Bertz CT molecular complexity index is 542. The Labute approximate surface area is 115 Å². The van der Waals surface area contributed by atoms with E-state index >= 15 is 0 Å². The van der Waals surface area contributed by atoms with Gasteiger partial charge in [-0.15, -0.1) is 0 Å². The van der Waals surface area contributed by atoms with Gasteiger partial charge in [0.05, 0.1) is 0 Å². The molecule has 19 heavy (non-hydrogen) atoms. The number of rotatable bonds is 3. The molecule has 0 aliphatic carbocycles. The van der Waals surface area contributed by atoms with Gasteiger partial charge in [0.1, 0.15) is 0 Å². The van der Waals surface area contributed by atoms with Gasteiger partial charge in [-0.2, -0.15) is 0 Å². The minimum atomic E-state index is 1.07. The van der Waals surface area contributed by atoms with Gasteiger partial charge in [0, 0.05) is 19.6 Å². The minimum absolute atomic E-state index is 1.07. The van der Waals surface area contributed by atoms with Crippen LogP contribution in [0.25, 0.3) is 0 Å². The van der Waals surface area contributed by atoms with Crippen molar-refractivity contribution in [1.29, 1.82) is 0 Å². The Morgan fingerprint density at radius 3 is 2.32 bits per heavy atom. The van der Waals surface area contributed by atoms with Crippen molar-refractivity contribution in [2.45, 2.75) is 32.9 Å². The Kier molecular flexibility index (Phi) is 3.65. The molecule has 2 aromatic rings. The molecule has 1 aliphatic heterocycles. The van der Waals surface area contributed by atoms with Crippen LogP contribution in [0.15, 0.2) is 48.5 Å². The SMILES string of the molecule is CCc1ccc(CN2CCc3ccccc3C2)cc1. The molecule has 0 amide bonds. The molecule has 0 bridgehead atoms. The molecule has 0 atom stereocenters. The summed E-state index contributed by atoms with van der Waals surface area (Å²) < 4.78 is 0. The van der Waals surface area contributed by atoms with Crippen molar-refractivity contribution in [2.75, 3.05) is 6.54 Å². The van der Waals surface area contributed by atoms with Gasteiger partial charge in [-0.1, -0.05) is 55.5 Å². The van der Waals surface area contributed by atoms with E-state index in [2.05, 4.69) is 60.4 Å². The van der Waals surface area contributed by atoms with Crippen LogP contribution in [-0.4, -0.2) is 11.4 Å². The molecule has 1 heterocycles. The summed E-state index contributed by atoms with van der Waals surface area (Å²) in [6.45, 7) is 5.53. The van der Waals surface area contributed by atoms with Gasteiger partial charge in [-0.05, 0) is 35.1 Å². The van der Waals surface area contributed by atoms with E-state index in [1.807, 2.05) is 0 Å². The molecule has 1 aliphatic rings. The lowest BCUT2D eigenvalue weighted by molar-refractivity contribution is 0.245. The fraction of sp³-hybridized carbons (Fsp3) is 0.333. The molecule has 1 nitrogen and oxygen atoms in total. The molecular weight excluding hydrogens is 230 g/mol. The normalized spacial score (nSPS) is 15.2. The molecule has 0 radical (unpaired) electrons. The summed E-state index contributed by atoms with van der Waals surface area (Å²) in [5, 5.41) is 0. The van der Waals surface area contributed by atoms with Gasteiger partial charge < -0.3 is 0 Å². The number of benzene rings is 2. The second kappa shape index (κ2) is 5.58.